The van der Waals surface area contributed by atoms with Gasteiger partial charge in [-0.2, -0.15) is 0 Å². The molecule has 0 radical (unpaired) electrons. The maximum Gasteiger partial charge on any atom is 0.247 e. The zero-order valence-electron chi connectivity index (χ0n) is 12.5. The van der Waals surface area contributed by atoms with Crippen LogP contribution in [0.15, 0.2) is 36.4 Å². The predicted octanol–water partition coefficient (Wildman–Crippen LogP) is 3.12. The van der Waals surface area contributed by atoms with Gasteiger partial charge in [-0.1, -0.05) is 37.3 Å². The number of morpholine rings is 1. The van der Waals surface area contributed by atoms with Crippen LogP contribution in [0.25, 0.3) is 5.57 Å². The molecule has 2 unspecified atom stereocenters. The van der Waals surface area contributed by atoms with Crippen LogP contribution in [-0.2, 0) is 9.53 Å². The molecule has 1 amide bonds. The van der Waals surface area contributed by atoms with E-state index in [-0.39, 0.29) is 18.0 Å². The summed E-state index contributed by atoms with van der Waals surface area (Å²) >= 11 is 0. The average Bonchev–Trinajstić information content (AvgIpc) is 2.45. The normalized spacial score (nSPS) is 23.8. The van der Waals surface area contributed by atoms with Gasteiger partial charge in [0.1, 0.15) is 0 Å². The topological polar surface area (TPSA) is 29.5 Å². The summed E-state index contributed by atoms with van der Waals surface area (Å²) in [6.07, 6.45) is 2.64. The first-order valence-corrected chi connectivity index (χ1v) is 7.29. The molecule has 108 valence electrons. The molecular formula is C17H23NO2. The molecule has 20 heavy (non-hydrogen) atoms. The van der Waals surface area contributed by atoms with Crippen molar-refractivity contribution in [1.82, 2.24) is 4.90 Å². The van der Waals surface area contributed by atoms with Crippen molar-refractivity contribution < 1.29 is 9.53 Å². The Kier molecular flexibility index (Phi) is 4.96. The number of amides is 1. The van der Waals surface area contributed by atoms with E-state index in [9.17, 15) is 4.79 Å². The van der Waals surface area contributed by atoms with Crippen LogP contribution in [0.3, 0.4) is 0 Å². The number of carbonyl (C=O) groups is 1. The van der Waals surface area contributed by atoms with Crippen LogP contribution in [0, 0.1) is 0 Å². The standard InChI is InChI=1S/C17H23NO2/c1-4-15(16-8-6-5-7-9-16)10-17(19)18-13(2)11-20-12-14(18)3/h5-10,13-14H,4,11-12H2,1-3H3/b15-10+. The van der Waals surface area contributed by atoms with Crippen molar-refractivity contribution in [2.24, 2.45) is 0 Å². The van der Waals surface area contributed by atoms with Crippen LogP contribution in [-0.4, -0.2) is 36.1 Å². The summed E-state index contributed by atoms with van der Waals surface area (Å²) < 4.78 is 5.48. The molecule has 1 aliphatic rings. The maximum absolute atomic E-state index is 12.6. The van der Waals surface area contributed by atoms with E-state index >= 15 is 0 Å². The van der Waals surface area contributed by atoms with Gasteiger partial charge in [0.05, 0.1) is 25.3 Å². The van der Waals surface area contributed by atoms with E-state index in [0.29, 0.717) is 13.2 Å². The molecule has 1 aliphatic heterocycles. The van der Waals surface area contributed by atoms with Crippen molar-refractivity contribution in [2.75, 3.05) is 13.2 Å². The van der Waals surface area contributed by atoms with Gasteiger partial charge in [-0.25, -0.2) is 0 Å². The number of benzene rings is 1. The lowest BCUT2D eigenvalue weighted by Gasteiger charge is -2.38. The van der Waals surface area contributed by atoms with Crippen molar-refractivity contribution in [3.8, 4) is 0 Å². The summed E-state index contributed by atoms with van der Waals surface area (Å²) in [5, 5.41) is 0. The fraction of sp³-hybridized carbons (Fsp3) is 0.471. The Hall–Kier alpha value is -1.61. The van der Waals surface area contributed by atoms with Crippen LogP contribution >= 0.6 is 0 Å². The summed E-state index contributed by atoms with van der Waals surface area (Å²) in [6.45, 7) is 7.40. The Bertz CT molecular complexity index is 471. The van der Waals surface area contributed by atoms with E-state index < -0.39 is 0 Å². The summed E-state index contributed by atoms with van der Waals surface area (Å²) in [6, 6.07) is 10.4. The summed E-state index contributed by atoms with van der Waals surface area (Å²) in [5.74, 6) is 0.0917. The predicted molar refractivity (Wildman–Crippen MR) is 81.3 cm³/mol. The quantitative estimate of drug-likeness (QED) is 0.792. The van der Waals surface area contributed by atoms with E-state index in [1.54, 1.807) is 6.08 Å². The first kappa shape index (κ1) is 14.8. The van der Waals surface area contributed by atoms with Crippen LogP contribution in [0.2, 0.25) is 0 Å². The lowest BCUT2D eigenvalue weighted by molar-refractivity contribution is -0.138. The van der Waals surface area contributed by atoms with Gasteiger partial charge in [-0.3, -0.25) is 4.79 Å². The molecule has 0 aromatic heterocycles. The minimum absolute atomic E-state index is 0.0917. The number of ether oxygens (including phenoxy) is 1. The first-order valence-electron chi connectivity index (χ1n) is 7.29. The fourth-order valence-electron chi connectivity index (χ4n) is 2.70. The molecule has 1 fully saturated rings. The van der Waals surface area contributed by atoms with Gasteiger partial charge >= 0.3 is 0 Å². The minimum Gasteiger partial charge on any atom is -0.377 e. The highest BCUT2D eigenvalue weighted by Crippen LogP contribution is 2.20. The molecule has 1 aromatic carbocycles. The molecule has 3 nitrogen and oxygen atoms in total. The first-order chi connectivity index (χ1) is 9.63. The largest absolute Gasteiger partial charge is 0.377 e. The second kappa shape index (κ2) is 6.71. The van der Waals surface area contributed by atoms with Crippen molar-refractivity contribution in [3.63, 3.8) is 0 Å². The van der Waals surface area contributed by atoms with Crippen LogP contribution in [0.4, 0.5) is 0 Å². The van der Waals surface area contributed by atoms with Gasteiger partial charge in [-0.15, -0.1) is 0 Å². The third kappa shape index (κ3) is 3.28. The molecule has 0 saturated carbocycles. The zero-order valence-corrected chi connectivity index (χ0v) is 12.5. The Morgan fingerprint density at radius 1 is 1.25 bits per heavy atom. The van der Waals surface area contributed by atoms with Gasteiger partial charge in [0.2, 0.25) is 5.91 Å². The molecule has 2 rings (SSSR count). The number of rotatable bonds is 3. The Morgan fingerprint density at radius 2 is 1.85 bits per heavy atom. The number of allylic oxidation sites excluding steroid dienone is 1. The Balaban J connectivity index is 2.21. The van der Waals surface area contributed by atoms with Crippen LogP contribution < -0.4 is 0 Å². The van der Waals surface area contributed by atoms with Gasteiger partial charge in [-0.05, 0) is 31.4 Å². The monoisotopic (exact) mass is 273 g/mol. The molecule has 2 atom stereocenters. The van der Waals surface area contributed by atoms with E-state index in [1.807, 2.05) is 36.9 Å². The third-order valence-electron chi connectivity index (χ3n) is 3.75. The molecule has 0 N–H and O–H groups in total. The lowest BCUT2D eigenvalue weighted by atomic mass is 10.0. The lowest BCUT2D eigenvalue weighted by Crippen LogP contribution is -2.52. The van der Waals surface area contributed by atoms with Gasteiger partial charge in [0.25, 0.3) is 0 Å². The maximum atomic E-state index is 12.6. The molecule has 0 aliphatic carbocycles. The van der Waals surface area contributed by atoms with Crippen molar-refractivity contribution in [3.05, 3.63) is 42.0 Å². The number of hydrogen-bond donors (Lipinski definition) is 0. The molecule has 1 aromatic rings. The smallest absolute Gasteiger partial charge is 0.247 e. The molecular weight excluding hydrogens is 250 g/mol. The third-order valence-corrected chi connectivity index (χ3v) is 3.75. The highest BCUT2D eigenvalue weighted by atomic mass is 16.5. The van der Waals surface area contributed by atoms with Crippen molar-refractivity contribution in [2.45, 2.75) is 39.3 Å². The second-order valence-corrected chi connectivity index (χ2v) is 5.37. The molecule has 1 saturated heterocycles. The Morgan fingerprint density at radius 3 is 2.40 bits per heavy atom. The molecule has 1 heterocycles. The second-order valence-electron chi connectivity index (χ2n) is 5.37. The minimum atomic E-state index is 0.0917. The SMILES string of the molecule is CC/C(=C\C(=O)N1C(C)COCC1C)c1ccccc1. The highest BCUT2D eigenvalue weighted by Gasteiger charge is 2.28. The zero-order chi connectivity index (χ0) is 14.5. The average molecular weight is 273 g/mol. The highest BCUT2D eigenvalue weighted by molar-refractivity contribution is 5.95. The van der Waals surface area contributed by atoms with Gasteiger partial charge in [0, 0.05) is 6.08 Å². The summed E-state index contributed by atoms with van der Waals surface area (Å²) in [5.41, 5.74) is 2.21. The molecule has 0 bridgehead atoms. The number of carbonyl (C=O) groups excluding carboxylic acids is 1. The number of nitrogens with zero attached hydrogens (tertiary/aromatic N) is 1. The van der Waals surface area contributed by atoms with Crippen LogP contribution in [0.5, 0.6) is 0 Å². The Labute approximate surface area is 121 Å². The van der Waals surface area contributed by atoms with E-state index in [4.69, 9.17) is 4.74 Å². The molecule has 3 heteroatoms. The van der Waals surface area contributed by atoms with Gasteiger partial charge in [0.15, 0.2) is 0 Å². The van der Waals surface area contributed by atoms with E-state index in [1.165, 1.54) is 0 Å². The van der Waals surface area contributed by atoms with Crippen LogP contribution in [0.1, 0.15) is 32.8 Å². The fourth-order valence-corrected chi connectivity index (χ4v) is 2.70. The molecule has 0 spiro atoms. The summed E-state index contributed by atoms with van der Waals surface area (Å²) in [7, 11) is 0. The van der Waals surface area contributed by atoms with Crippen molar-refractivity contribution >= 4 is 11.5 Å². The van der Waals surface area contributed by atoms with Crippen molar-refractivity contribution in [1.29, 1.82) is 0 Å². The number of hydrogen-bond acceptors (Lipinski definition) is 2. The van der Waals surface area contributed by atoms with E-state index in [0.717, 1.165) is 17.6 Å². The van der Waals surface area contributed by atoms with Gasteiger partial charge < -0.3 is 9.64 Å². The summed E-state index contributed by atoms with van der Waals surface area (Å²) in [4.78, 5) is 14.5. The van der Waals surface area contributed by atoms with E-state index in [2.05, 4.69) is 19.1 Å².